The van der Waals surface area contributed by atoms with Crippen LogP contribution in [0.15, 0.2) is 6.20 Å². The number of nitrogens with one attached hydrogen (secondary N) is 1. The molecule has 0 saturated heterocycles. The van der Waals surface area contributed by atoms with Crippen LogP contribution in [0, 0.1) is 0 Å². The van der Waals surface area contributed by atoms with E-state index in [2.05, 4.69) is 15.3 Å². The van der Waals surface area contributed by atoms with Crippen molar-refractivity contribution in [3.63, 3.8) is 0 Å². The average molecular weight is 299 g/mol. The van der Waals surface area contributed by atoms with Crippen LogP contribution in [0.3, 0.4) is 0 Å². The van der Waals surface area contributed by atoms with Gasteiger partial charge >= 0.3 is 5.97 Å². The molecule has 2 atom stereocenters. The first-order chi connectivity index (χ1) is 9.31. The number of hydrogen-bond donors (Lipinski definition) is 2. The summed E-state index contributed by atoms with van der Waals surface area (Å²) < 4.78 is 11.1. The van der Waals surface area contributed by atoms with E-state index < -0.39 is 16.8 Å². The van der Waals surface area contributed by atoms with Gasteiger partial charge in [-0.15, -0.1) is 0 Å². The number of carboxylic acids is 1. The first-order valence-electron chi connectivity index (χ1n) is 6.48. The molecule has 0 aliphatic heterocycles. The van der Waals surface area contributed by atoms with Gasteiger partial charge in [-0.1, -0.05) is 13.8 Å². The van der Waals surface area contributed by atoms with Gasteiger partial charge in [0.05, 0.1) is 11.9 Å². The third kappa shape index (κ3) is 4.88. The van der Waals surface area contributed by atoms with Crippen molar-refractivity contribution >= 4 is 22.5 Å². The molecule has 7 heteroatoms. The Morgan fingerprint density at radius 2 is 2.10 bits per heavy atom. The molecular weight excluding hydrogens is 278 g/mol. The molecule has 2 unspecified atom stereocenters. The molecule has 0 aliphatic carbocycles. The number of aromatic carboxylic acids is 1. The normalized spacial score (nSPS) is 14.1. The zero-order chi connectivity index (χ0) is 15.3. The molecule has 0 spiro atoms. The average Bonchev–Trinajstić information content (AvgIpc) is 2.36. The Kier molecular flexibility index (Phi) is 6.06. The third-order valence-electron chi connectivity index (χ3n) is 2.77. The molecule has 1 heterocycles. The molecule has 0 fully saturated rings. The number of carboxylic acid groups (broad SMARTS) is 1. The van der Waals surface area contributed by atoms with Gasteiger partial charge in [-0.05, 0) is 13.3 Å². The highest BCUT2D eigenvalue weighted by molar-refractivity contribution is 7.84. The lowest BCUT2D eigenvalue weighted by molar-refractivity contribution is 0.0691. The van der Waals surface area contributed by atoms with Crippen LogP contribution < -0.4 is 5.32 Å². The lowest BCUT2D eigenvalue weighted by Gasteiger charge is -2.16. The van der Waals surface area contributed by atoms with E-state index in [9.17, 15) is 14.1 Å². The summed E-state index contributed by atoms with van der Waals surface area (Å²) in [5.74, 6) is 0.0713. The minimum Gasteiger partial charge on any atom is -0.476 e. The fraction of sp³-hybridized carbons (Fsp3) is 0.615. The van der Waals surface area contributed by atoms with Crippen molar-refractivity contribution in [3.8, 4) is 0 Å². The summed E-state index contributed by atoms with van der Waals surface area (Å²) in [5.41, 5.74) is 0.379. The molecule has 2 N–H and O–H groups in total. The number of carbonyl (C=O) groups is 1. The zero-order valence-corrected chi connectivity index (χ0v) is 13.0. The molecule has 0 aliphatic rings. The minimum absolute atomic E-state index is 0.00509. The number of rotatable bonds is 7. The van der Waals surface area contributed by atoms with Gasteiger partial charge in [0.25, 0.3) is 0 Å². The van der Waals surface area contributed by atoms with Gasteiger partial charge < -0.3 is 10.4 Å². The molecule has 112 valence electrons. The SMILES string of the molecule is CC(CCS(C)=O)Nc1cnc(C(C)C)nc1C(=O)O. The third-order valence-corrected chi connectivity index (χ3v) is 3.58. The van der Waals surface area contributed by atoms with Gasteiger partial charge in [0.2, 0.25) is 0 Å². The second-order valence-electron chi connectivity index (χ2n) is 5.06. The summed E-state index contributed by atoms with van der Waals surface area (Å²) in [6.45, 7) is 5.73. The number of aromatic nitrogens is 2. The van der Waals surface area contributed by atoms with Crippen LogP contribution in [0.1, 0.15) is 49.4 Å². The van der Waals surface area contributed by atoms with Crippen molar-refractivity contribution in [3.05, 3.63) is 17.7 Å². The van der Waals surface area contributed by atoms with Crippen molar-refractivity contribution < 1.29 is 14.1 Å². The monoisotopic (exact) mass is 299 g/mol. The van der Waals surface area contributed by atoms with Crippen LogP contribution >= 0.6 is 0 Å². The number of nitrogens with zero attached hydrogens (tertiary/aromatic N) is 2. The van der Waals surface area contributed by atoms with Gasteiger partial charge in [0.15, 0.2) is 5.69 Å². The van der Waals surface area contributed by atoms with Gasteiger partial charge in [0, 0.05) is 34.8 Å². The van der Waals surface area contributed by atoms with E-state index in [1.165, 1.54) is 6.20 Å². The van der Waals surface area contributed by atoms with Gasteiger partial charge in [-0.25, -0.2) is 14.8 Å². The first-order valence-corrected chi connectivity index (χ1v) is 8.20. The Balaban J connectivity index is 2.88. The maximum absolute atomic E-state index is 11.3. The van der Waals surface area contributed by atoms with Crippen LogP contribution in [0.2, 0.25) is 0 Å². The molecule has 1 aromatic rings. The molecule has 0 aromatic carbocycles. The van der Waals surface area contributed by atoms with Gasteiger partial charge in [-0.2, -0.15) is 0 Å². The maximum Gasteiger partial charge on any atom is 0.356 e. The first kappa shape index (κ1) is 16.6. The summed E-state index contributed by atoms with van der Waals surface area (Å²) >= 11 is 0. The van der Waals surface area contributed by atoms with Crippen LogP contribution in [-0.2, 0) is 10.8 Å². The summed E-state index contributed by atoms with van der Waals surface area (Å²) in [6, 6.07) is 0.00509. The van der Waals surface area contributed by atoms with Crippen molar-refractivity contribution in [2.24, 2.45) is 0 Å². The van der Waals surface area contributed by atoms with E-state index in [1.54, 1.807) is 6.26 Å². The quantitative estimate of drug-likeness (QED) is 0.798. The largest absolute Gasteiger partial charge is 0.476 e. The van der Waals surface area contributed by atoms with E-state index in [-0.39, 0.29) is 17.7 Å². The summed E-state index contributed by atoms with van der Waals surface area (Å²) in [4.78, 5) is 19.5. The highest BCUT2D eigenvalue weighted by Gasteiger charge is 2.17. The number of anilines is 1. The highest BCUT2D eigenvalue weighted by Crippen LogP contribution is 2.17. The number of hydrogen-bond acceptors (Lipinski definition) is 5. The molecule has 20 heavy (non-hydrogen) atoms. The topological polar surface area (TPSA) is 92.2 Å². The summed E-state index contributed by atoms with van der Waals surface area (Å²) in [7, 11) is -0.856. The minimum atomic E-state index is -1.08. The molecule has 6 nitrogen and oxygen atoms in total. The van der Waals surface area contributed by atoms with E-state index >= 15 is 0 Å². The fourth-order valence-electron chi connectivity index (χ4n) is 1.62. The Hall–Kier alpha value is -1.50. The molecule has 0 bridgehead atoms. The van der Waals surface area contributed by atoms with Crippen LogP contribution in [0.5, 0.6) is 0 Å². The Morgan fingerprint density at radius 1 is 1.45 bits per heavy atom. The molecule has 0 saturated carbocycles. The van der Waals surface area contributed by atoms with E-state index in [0.717, 1.165) is 0 Å². The predicted molar refractivity (Wildman–Crippen MR) is 79.7 cm³/mol. The predicted octanol–water partition coefficient (Wildman–Crippen LogP) is 1.87. The molecular formula is C13H21N3O3S. The van der Waals surface area contributed by atoms with Crippen molar-refractivity contribution in [2.45, 2.75) is 39.2 Å². The van der Waals surface area contributed by atoms with Crippen LogP contribution in [-0.4, -0.2) is 43.3 Å². The second-order valence-corrected chi connectivity index (χ2v) is 6.62. The van der Waals surface area contributed by atoms with E-state index in [0.29, 0.717) is 23.7 Å². The molecule has 1 rings (SSSR count). The summed E-state index contributed by atoms with van der Waals surface area (Å²) in [5, 5.41) is 12.3. The van der Waals surface area contributed by atoms with Crippen LogP contribution in [0.25, 0.3) is 0 Å². The molecule has 0 radical (unpaired) electrons. The standard InChI is InChI=1S/C13H21N3O3S/c1-8(2)12-14-7-10(11(16-12)13(17)18)15-9(3)5-6-20(4)19/h7-9,15H,5-6H2,1-4H3,(H,17,18). The summed E-state index contributed by atoms with van der Waals surface area (Å²) in [6.07, 6.45) is 3.84. The molecule has 0 amide bonds. The van der Waals surface area contributed by atoms with Crippen molar-refractivity contribution in [2.75, 3.05) is 17.3 Å². The Morgan fingerprint density at radius 3 is 2.60 bits per heavy atom. The van der Waals surface area contributed by atoms with Crippen molar-refractivity contribution in [1.29, 1.82) is 0 Å². The lowest BCUT2D eigenvalue weighted by atomic mass is 10.2. The van der Waals surface area contributed by atoms with Gasteiger partial charge in [0.1, 0.15) is 5.82 Å². The van der Waals surface area contributed by atoms with Crippen molar-refractivity contribution in [1.82, 2.24) is 9.97 Å². The maximum atomic E-state index is 11.3. The zero-order valence-electron chi connectivity index (χ0n) is 12.2. The van der Waals surface area contributed by atoms with E-state index in [4.69, 9.17) is 0 Å². The fourth-order valence-corrected chi connectivity index (χ4v) is 2.31. The van der Waals surface area contributed by atoms with E-state index in [1.807, 2.05) is 20.8 Å². The smallest absolute Gasteiger partial charge is 0.356 e. The van der Waals surface area contributed by atoms with Gasteiger partial charge in [-0.3, -0.25) is 4.21 Å². The highest BCUT2D eigenvalue weighted by atomic mass is 32.2. The molecule has 1 aromatic heterocycles. The lowest BCUT2D eigenvalue weighted by Crippen LogP contribution is -2.21. The Labute approximate surface area is 121 Å². The Bertz CT molecular complexity index is 506. The second kappa shape index (κ2) is 7.33. The van der Waals surface area contributed by atoms with Crippen LogP contribution in [0.4, 0.5) is 5.69 Å².